The van der Waals surface area contributed by atoms with Crippen molar-refractivity contribution >= 4 is 11.6 Å². The van der Waals surface area contributed by atoms with Gasteiger partial charge in [0.2, 0.25) is 0 Å². The van der Waals surface area contributed by atoms with Gasteiger partial charge in [-0.25, -0.2) is 0 Å². The number of nitrogens with zero attached hydrogens (tertiary/aromatic N) is 1. The lowest BCUT2D eigenvalue weighted by Gasteiger charge is -2.15. The van der Waals surface area contributed by atoms with Crippen LogP contribution in [0.25, 0.3) is 11.3 Å². The van der Waals surface area contributed by atoms with Gasteiger partial charge in [0.05, 0.1) is 18.7 Å². The third-order valence-electron chi connectivity index (χ3n) is 3.23. The van der Waals surface area contributed by atoms with Gasteiger partial charge < -0.3 is 9.30 Å². The average molecular weight is 292 g/mol. The quantitative estimate of drug-likeness (QED) is 0.787. The van der Waals surface area contributed by atoms with Crippen molar-refractivity contribution in [2.75, 3.05) is 7.11 Å². The van der Waals surface area contributed by atoms with Gasteiger partial charge in [-0.15, -0.1) is 11.6 Å². The summed E-state index contributed by atoms with van der Waals surface area (Å²) in [5.41, 5.74) is 2.38. The summed E-state index contributed by atoms with van der Waals surface area (Å²) in [4.78, 5) is 12.4. The molecule has 106 valence electrons. The lowest BCUT2D eigenvalue weighted by molar-refractivity contribution is 0.416. The Bertz CT molecular complexity index is 649. The Morgan fingerprint density at radius 2 is 1.95 bits per heavy atom. The molecule has 0 aliphatic heterocycles. The number of alkyl halides is 1. The van der Waals surface area contributed by atoms with Gasteiger partial charge in [-0.1, -0.05) is 25.1 Å². The first-order valence-corrected chi connectivity index (χ1v) is 7.18. The molecule has 1 aromatic carbocycles. The Kier molecular flexibility index (Phi) is 4.85. The van der Waals surface area contributed by atoms with Crippen LogP contribution in [0, 0.1) is 0 Å². The second-order valence-corrected chi connectivity index (χ2v) is 4.80. The fourth-order valence-electron chi connectivity index (χ4n) is 2.26. The number of rotatable bonds is 5. The molecule has 0 spiro atoms. The number of methoxy groups -OCH3 is 1. The second kappa shape index (κ2) is 6.62. The second-order valence-electron chi connectivity index (χ2n) is 4.53. The molecule has 2 rings (SSSR count). The molecular formula is C16H18ClNO2. The lowest BCUT2D eigenvalue weighted by Crippen LogP contribution is -2.24. The van der Waals surface area contributed by atoms with Gasteiger partial charge >= 0.3 is 0 Å². The zero-order valence-electron chi connectivity index (χ0n) is 11.7. The predicted octanol–water partition coefficient (Wildman–Crippen LogP) is 3.67. The average Bonchev–Trinajstić information content (AvgIpc) is 2.49. The van der Waals surface area contributed by atoms with Crippen LogP contribution in [-0.2, 0) is 12.4 Å². The van der Waals surface area contributed by atoms with Crippen molar-refractivity contribution in [2.45, 2.75) is 25.8 Å². The lowest BCUT2D eigenvalue weighted by atomic mass is 10.1. The molecule has 0 saturated heterocycles. The van der Waals surface area contributed by atoms with Crippen LogP contribution >= 0.6 is 11.6 Å². The summed E-state index contributed by atoms with van der Waals surface area (Å²) in [6.07, 6.45) is 0.883. The van der Waals surface area contributed by atoms with E-state index in [1.54, 1.807) is 17.7 Å². The molecule has 4 heteroatoms. The van der Waals surface area contributed by atoms with Gasteiger partial charge in [0, 0.05) is 17.7 Å². The van der Waals surface area contributed by atoms with E-state index in [2.05, 4.69) is 0 Å². The maximum absolute atomic E-state index is 12.4. The van der Waals surface area contributed by atoms with E-state index < -0.39 is 0 Å². The summed E-state index contributed by atoms with van der Waals surface area (Å²) in [6.45, 7) is 2.71. The largest absolute Gasteiger partial charge is 0.496 e. The van der Waals surface area contributed by atoms with Crippen molar-refractivity contribution < 1.29 is 4.74 Å². The van der Waals surface area contributed by atoms with Gasteiger partial charge in [-0.3, -0.25) is 4.79 Å². The van der Waals surface area contributed by atoms with Crippen molar-refractivity contribution in [1.82, 2.24) is 4.57 Å². The highest BCUT2D eigenvalue weighted by Gasteiger charge is 2.12. The van der Waals surface area contributed by atoms with E-state index in [0.717, 1.165) is 23.4 Å². The van der Waals surface area contributed by atoms with Crippen LogP contribution in [0.4, 0.5) is 0 Å². The van der Waals surface area contributed by atoms with Crippen LogP contribution in [0.2, 0.25) is 0 Å². The molecule has 0 fully saturated rings. The predicted molar refractivity (Wildman–Crippen MR) is 82.5 cm³/mol. The van der Waals surface area contributed by atoms with Crippen LogP contribution < -0.4 is 10.3 Å². The molecular weight excluding hydrogens is 274 g/mol. The van der Waals surface area contributed by atoms with Gasteiger partial charge in [0.25, 0.3) is 5.56 Å². The topological polar surface area (TPSA) is 31.2 Å². The van der Waals surface area contributed by atoms with Crippen LogP contribution in [0.15, 0.2) is 41.2 Å². The van der Waals surface area contributed by atoms with Gasteiger partial charge in [-0.05, 0) is 24.6 Å². The van der Waals surface area contributed by atoms with Crippen molar-refractivity contribution in [2.24, 2.45) is 0 Å². The minimum atomic E-state index is -0.0229. The van der Waals surface area contributed by atoms with E-state index in [9.17, 15) is 4.79 Å². The summed E-state index contributed by atoms with van der Waals surface area (Å²) in [7, 11) is 1.63. The first-order valence-electron chi connectivity index (χ1n) is 6.65. The Morgan fingerprint density at radius 3 is 2.60 bits per heavy atom. The van der Waals surface area contributed by atoms with Gasteiger partial charge in [0.1, 0.15) is 5.75 Å². The maximum atomic E-state index is 12.4. The van der Waals surface area contributed by atoms with E-state index in [1.165, 1.54) is 0 Å². The summed E-state index contributed by atoms with van der Waals surface area (Å²) >= 11 is 5.82. The molecule has 0 aliphatic rings. The number of para-hydroxylation sites is 1. The molecule has 0 atom stereocenters. The first kappa shape index (κ1) is 14.7. The SMILES string of the molecule is CCCn1c(-c2ccccc2OC)ccc(CCl)c1=O. The number of hydrogen-bond donors (Lipinski definition) is 0. The molecule has 0 N–H and O–H groups in total. The van der Waals surface area contributed by atoms with Gasteiger partial charge in [-0.2, -0.15) is 0 Å². The molecule has 0 saturated carbocycles. The highest BCUT2D eigenvalue weighted by Crippen LogP contribution is 2.29. The van der Waals surface area contributed by atoms with E-state index >= 15 is 0 Å². The molecule has 1 aromatic heterocycles. The normalized spacial score (nSPS) is 10.6. The molecule has 1 heterocycles. The molecule has 0 bridgehead atoms. The number of aromatic nitrogens is 1. The Labute approximate surface area is 123 Å². The molecule has 20 heavy (non-hydrogen) atoms. The molecule has 0 unspecified atom stereocenters. The summed E-state index contributed by atoms with van der Waals surface area (Å²) in [5.74, 6) is 0.991. The van der Waals surface area contributed by atoms with Crippen molar-refractivity contribution in [3.8, 4) is 17.0 Å². The third-order valence-corrected chi connectivity index (χ3v) is 3.52. The zero-order chi connectivity index (χ0) is 14.5. The summed E-state index contributed by atoms with van der Waals surface area (Å²) < 4.78 is 7.16. The van der Waals surface area contributed by atoms with Gasteiger partial charge in [0.15, 0.2) is 0 Å². The Hall–Kier alpha value is -1.74. The van der Waals surface area contributed by atoms with Crippen LogP contribution in [-0.4, -0.2) is 11.7 Å². The van der Waals surface area contributed by atoms with E-state index in [0.29, 0.717) is 12.1 Å². The van der Waals surface area contributed by atoms with Crippen LogP contribution in [0.1, 0.15) is 18.9 Å². The number of ether oxygens (including phenoxy) is 1. The molecule has 0 amide bonds. The van der Waals surface area contributed by atoms with Crippen molar-refractivity contribution in [1.29, 1.82) is 0 Å². The minimum Gasteiger partial charge on any atom is -0.496 e. The maximum Gasteiger partial charge on any atom is 0.255 e. The number of benzene rings is 1. The monoisotopic (exact) mass is 291 g/mol. The third kappa shape index (κ3) is 2.73. The number of hydrogen-bond acceptors (Lipinski definition) is 2. The standard InChI is InChI=1S/C16H18ClNO2/c1-3-10-18-14(9-8-12(11-17)16(18)19)13-6-4-5-7-15(13)20-2/h4-9H,3,10-11H2,1-2H3. The highest BCUT2D eigenvalue weighted by atomic mass is 35.5. The van der Waals surface area contributed by atoms with E-state index in [-0.39, 0.29) is 11.4 Å². The molecule has 0 aliphatic carbocycles. The van der Waals surface area contributed by atoms with E-state index in [4.69, 9.17) is 16.3 Å². The molecule has 0 radical (unpaired) electrons. The molecule has 2 aromatic rings. The fourth-order valence-corrected chi connectivity index (χ4v) is 2.47. The smallest absolute Gasteiger partial charge is 0.255 e. The summed E-state index contributed by atoms with van der Waals surface area (Å²) in [5, 5.41) is 0. The van der Waals surface area contributed by atoms with Crippen LogP contribution in [0.5, 0.6) is 5.75 Å². The summed E-state index contributed by atoms with van der Waals surface area (Å²) in [6, 6.07) is 11.4. The van der Waals surface area contributed by atoms with Crippen molar-refractivity contribution in [3.05, 3.63) is 52.3 Å². The van der Waals surface area contributed by atoms with E-state index in [1.807, 2.05) is 37.3 Å². The number of halogens is 1. The fraction of sp³-hybridized carbons (Fsp3) is 0.312. The number of pyridine rings is 1. The molecule has 3 nitrogen and oxygen atoms in total. The Morgan fingerprint density at radius 1 is 1.20 bits per heavy atom. The minimum absolute atomic E-state index is 0.0229. The first-order chi connectivity index (χ1) is 9.72. The zero-order valence-corrected chi connectivity index (χ0v) is 12.5. The van der Waals surface area contributed by atoms with Crippen LogP contribution in [0.3, 0.4) is 0 Å². The Balaban J connectivity index is 2.67. The highest BCUT2D eigenvalue weighted by molar-refractivity contribution is 6.17. The van der Waals surface area contributed by atoms with Crippen molar-refractivity contribution in [3.63, 3.8) is 0 Å².